The van der Waals surface area contributed by atoms with E-state index in [2.05, 4.69) is 20.3 Å². The molecule has 20 heavy (non-hydrogen) atoms. The fourth-order valence-corrected chi connectivity index (χ4v) is 1.33. The number of aryl methyl sites for hydroxylation is 1. The van der Waals surface area contributed by atoms with Gasteiger partial charge in [-0.15, -0.1) is 0 Å². The summed E-state index contributed by atoms with van der Waals surface area (Å²) >= 11 is 0. The molecule has 0 saturated heterocycles. The topological polar surface area (TPSA) is 113 Å². The van der Waals surface area contributed by atoms with Crippen LogP contribution in [0.1, 0.15) is 32.9 Å². The zero-order chi connectivity index (χ0) is 15.3. The lowest BCUT2D eigenvalue weighted by Gasteiger charge is -2.08. The summed E-state index contributed by atoms with van der Waals surface area (Å²) in [6, 6.07) is -0.200. The van der Waals surface area contributed by atoms with E-state index in [0.29, 0.717) is 5.69 Å². The van der Waals surface area contributed by atoms with Crippen LogP contribution >= 0.6 is 0 Å². The molecule has 0 radical (unpaired) electrons. The van der Waals surface area contributed by atoms with E-state index in [4.69, 9.17) is 5.73 Å². The van der Waals surface area contributed by atoms with Crippen molar-refractivity contribution in [2.45, 2.75) is 40.2 Å². The average molecular weight is 279 g/mol. The molecule has 0 aliphatic heterocycles. The van der Waals surface area contributed by atoms with Crippen molar-refractivity contribution in [3.05, 3.63) is 16.0 Å². The van der Waals surface area contributed by atoms with Gasteiger partial charge in [-0.2, -0.15) is 0 Å². The molecule has 0 aromatic carbocycles. The number of aliphatic imine (C=N–C) groups is 1. The number of H-pyrrole nitrogens is 1. The van der Waals surface area contributed by atoms with Gasteiger partial charge >= 0.3 is 0 Å². The Morgan fingerprint density at radius 1 is 1.55 bits per heavy atom. The molecule has 1 aromatic heterocycles. The molecule has 0 saturated carbocycles. The van der Waals surface area contributed by atoms with Crippen LogP contribution in [0.2, 0.25) is 0 Å². The van der Waals surface area contributed by atoms with Crippen molar-refractivity contribution < 1.29 is 4.79 Å². The fraction of sp³-hybridized carbons (Fsp3) is 0.538. The minimum absolute atomic E-state index is 0.130. The van der Waals surface area contributed by atoms with Crippen molar-refractivity contribution in [3.63, 3.8) is 0 Å². The van der Waals surface area contributed by atoms with E-state index in [1.54, 1.807) is 20.8 Å². The Balaban J connectivity index is 3.01. The number of amides is 1. The summed E-state index contributed by atoms with van der Waals surface area (Å²) in [7, 11) is 0. The molecule has 4 N–H and O–H groups in total. The summed E-state index contributed by atoms with van der Waals surface area (Å²) < 4.78 is 0. The minimum atomic E-state index is -0.406. The molecule has 7 nitrogen and oxygen atoms in total. The maximum atomic E-state index is 11.9. The summed E-state index contributed by atoms with van der Waals surface area (Å²) in [5, 5.41) is 2.54. The predicted octanol–water partition coefficient (Wildman–Crippen LogP) is 1.11. The van der Waals surface area contributed by atoms with Gasteiger partial charge in [0, 0.05) is 18.2 Å². The lowest BCUT2D eigenvalue weighted by Crippen LogP contribution is -2.23. The molecular weight excluding hydrogens is 258 g/mol. The monoisotopic (exact) mass is 279 g/mol. The van der Waals surface area contributed by atoms with Crippen molar-refractivity contribution in [1.29, 1.82) is 0 Å². The first kappa shape index (κ1) is 16.0. The number of nitrogens with two attached hydrogens (primary N) is 1. The standard InChI is InChI=1S/C13H21N5O2/c1-5-9(14)6-15-10-8(4)16-13(18-12(10)20)17-11(19)7(2)3/h6-7,9H,5,14H2,1-4H3,(H2,16,17,18,19,20). The van der Waals surface area contributed by atoms with Crippen molar-refractivity contribution in [2.75, 3.05) is 5.32 Å². The van der Waals surface area contributed by atoms with Crippen LogP contribution in [0.4, 0.5) is 11.6 Å². The molecule has 0 fully saturated rings. The Morgan fingerprint density at radius 3 is 2.70 bits per heavy atom. The average Bonchev–Trinajstić information content (AvgIpc) is 2.37. The summed E-state index contributed by atoms with van der Waals surface area (Å²) in [5.74, 6) is -0.275. The first-order valence-corrected chi connectivity index (χ1v) is 6.56. The van der Waals surface area contributed by atoms with Gasteiger partial charge in [-0.3, -0.25) is 24.9 Å². The van der Waals surface area contributed by atoms with Crippen LogP contribution in [0.15, 0.2) is 9.79 Å². The number of nitrogens with zero attached hydrogens (tertiary/aromatic N) is 2. The van der Waals surface area contributed by atoms with E-state index in [1.165, 1.54) is 6.21 Å². The van der Waals surface area contributed by atoms with E-state index in [1.807, 2.05) is 6.92 Å². The number of hydrogen-bond acceptors (Lipinski definition) is 5. The number of carbonyl (C=O) groups is 1. The highest BCUT2D eigenvalue weighted by atomic mass is 16.2. The van der Waals surface area contributed by atoms with Gasteiger partial charge < -0.3 is 5.73 Å². The molecule has 110 valence electrons. The van der Waals surface area contributed by atoms with Crippen LogP contribution in [0.5, 0.6) is 0 Å². The third kappa shape index (κ3) is 4.27. The van der Waals surface area contributed by atoms with E-state index in [-0.39, 0.29) is 29.5 Å². The van der Waals surface area contributed by atoms with Gasteiger partial charge in [-0.1, -0.05) is 20.8 Å². The Morgan fingerprint density at radius 2 is 2.20 bits per heavy atom. The van der Waals surface area contributed by atoms with Crippen LogP contribution in [-0.4, -0.2) is 28.1 Å². The molecule has 0 bridgehead atoms. The number of nitrogens with one attached hydrogen (secondary N) is 2. The summed E-state index contributed by atoms with van der Waals surface area (Å²) in [6.45, 7) is 7.09. The van der Waals surface area contributed by atoms with Gasteiger partial charge in [0.05, 0.1) is 5.69 Å². The summed E-state index contributed by atoms with van der Waals surface area (Å²) in [4.78, 5) is 34.1. The molecule has 1 amide bonds. The first-order chi connectivity index (χ1) is 9.35. The summed E-state index contributed by atoms with van der Waals surface area (Å²) in [5.41, 5.74) is 5.95. The SMILES string of the molecule is CCC(N)C=Nc1c(C)nc(NC(=O)C(C)C)[nH]c1=O. The second-order valence-electron chi connectivity index (χ2n) is 4.84. The molecule has 1 atom stereocenters. The lowest BCUT2D eigenvalue weighted by molar-refractivity contribution is -0.118. The van der Waals surface area contributed by atoms with E-state index >= 15 is 0 Å². The minimum Gasteiger partial charge on any atom is -0.323 e. The van der Waals surface area contributed by atoms with E-state index in [0.717, 1.165) is 6.42 Å². The Bertz CT molecular complexity index is 562. The third-order valence-electron chi connectivity index (χ3n) is 2.70. The normalized spacial score (nSPS) is 12.9. The van der Waals surface area contributed by atoms with Crippen molar-refractivity contribution in [1.82, 2.24) is 9.97 Å². The number of anilines is 1. The van der Waals surface area contributed by atoms with Crippen LogP contribution in [0.25, 0.3) is 0 Å². The second kappa shape index (κ2) is 6.95. The summed E-state index contributed by atoms with van der Waals surface area (Å²) in [6.07, 6.45) is 2.25. The number of rotatable bonds is 5. The predicted molar refractivity (Wildman–Crippen MR) is 79.5 cm³/mol. The number of aromatic amines is 1. The number of hydrogen-bond donors (Lipinski definition) is 3. The highest BCUT2D eigenvalue weighted by Crippen LogP contribution is 2.11. The first-order valence-electron chi connectivity index (χ1n) is 6.56. The smallest absolute Gasteiger partial charge is 0.278 e. The van der Waals surface area contributed by atoms with E-state index in [9.17, 15) is 9.59 Å². The molecule has 1 unspecified atom stereocenters. The fourth-order valence-electron chi connectivity index (χ4n) is 1.33. The second-order valence-corrected chi connectivity index (χ2v) is 4.84. The van der Waals surface area contributed by atoms with Crippen LogP contribution in [-0.2, 0) is 4.79 Å². The zero-order valence-corrected chi connectivity index (χ0v) is 12.2. The number of aromatic nitrogens is 2. The highest BCUT2D eigenvalue weighted by Gasteiger charge is 2.11. The van der Waals surface area contributed by atoms with Gasteiger partial charge in [-0.25, -0.2) is 4.98 Å². The van der Waals surface area contributed by atoms with Crippen molar-refractivity contribution >= 4 is 23.8 Å². The van der Waals surface area contributed by atoms with Gasteiger partial charge in [0.1, 0.15) is 5.69 Å². The molecule has 1 heterocycles. The van der Waals surface area contributed by atoms with Crippen molar-refractivity contribution in [2.24, 2.45) is 16.6 Å². The molecule has 0 aliphatic rings. The van der Waals surface area contributed by atoms with Crippen LogP contribution < -0.4 is 16.6 Å². The zero-order valence-electron chi connectivity index (χ0n) is 12.2. The van der Waals surface area contributed by atoms with Crippen molar-refractivity contribution in [3.8, 4) is 0 Å². The Labute approximate surface area is 117 Å². The van der Waals surface area contributed by atoms with Gasteiger partial charge in [-0.05, 0) is 13.3 Å². The molecule has 0 aliphatic carbocycles. The van der Waals surface area contributed by atoms with Crippen LogP contribution in [0.3, 0.4) is 0 Å². The van der Waals surface area contributed by atoms with E-state index < -0.39 is 5.56 Å². The lowest BCUT2D eigenvalue weighted by atomic mass is 10.2. The molecule has 1 rings (SSSR count). The third-order valence-corrected chi connectivity index (χ3v) is 2.70. The molecular formula is C13H21N5O2. The molecule has 7 heteroatoms. The number of carbonyl (C=O) groups excluding carboxylic acids is 1. The van der Waals surface area contributed by atoms with Crippen LogP contribution in [0, 0.1) is 12.8 Å². The molecule has 1 aromatic rings. The Hall–Kier alpha value is -2.02. The molecule has 0 spiro atoms. The van der Waals surface area contributed by atoms with Gasteiger partial charge in [0.15, 0.2) is 0 Å². The largest absolute Gasteiger partial charge is 0.323 e. The van der Waals surface area contributed by atoms with Gasteiger partial charge in [0.2, 0.25) is 11.9 Å². The van der Waals surface area contributed by atoms with Gasteiger partial charge in [0.25, 0.3) is 5.56 Å². The highest BCUT2D eigenvalue weighted by molar-refractivity contribution is 5.90. The quantitative estimate of drug-likeness (QED) is 0.700. The maximum Gasteiger partial charge on any atom is 0.278 e. The maximum absolute atomic E-state index is 11.9. The Kier molecular flexibility index (Phi) is 5.57.